The van der Waals surface area contributed by atoms with E-state index in [1.165, 1.54) is 128 Å². The van der Waals surface area contributed by atoms with Crippen LogP contribution in [0.15, 0.2) is 12.2 Å². The van der Waals surface area contributed by atoms with Gasteiger partial charge in [-0.15, -0.1) is 0 Å². The van der Waals surface area contributed by atoms with E-state index in [9.17, 15) is 19.5 Å². The number of alkyl carbamates (subject to hydrolysis) is 1. The van der Waals surface area contributed by atoms with Crippen molar-refractivity contribution < 1.29 is 47.9 Å². The van der Waals surface area contributed by atoms with Gasteiger partial charge in [0.2, 0.25) is 11.8 Å². The first-order chi connectivity index (χ1) is 36.3. The molecule has 2 heterocycles. The van der Waals surface area contributed by atoms with E-state index in [0.29, 0.717) is 77.4 Å². The third kappa shape index (κ3) is 18.4. The van der Waals surface area contributed by atoms with Crippen LogP contribution in [0, 0.1) is 59.2 Å². The smallest absolute Gasteiger partial charge is 0.407 e. The van der Waals surface area contributed by atoms with E-state index in [0.717, 1.165) is 93.4 Å². The van der Waals surface area contributed by atoms with Crippen molar-refractivity contribution in [2.75, 3.05) is 59.3 Å². The molecule has 7 rings (SSSR count). The van der Waals surface area contributed by atoms with E-state index in [4.69, 9.17) is 28.4 Å². The number of carbonyl (C=O) groups is 3. The topological polar surface area (TPSA) is 163 Å². The molecule has 12 unspecified atom stereocenters. The monoisotopic (exact) mass is 1040 g/mol. The van der Waals surface area contributed by atoms with Gasteiger partial charge in [-0.05, 0) is 163 Å². The minimum absolute atomic E-state index is 0.00540. The quantitative estimate of drug-likeness (QED) is 0.0348. The Bertz CT molecular complexity index is 1620. The van der Waals surface area contributed by atoms with Crippen LogP contribution in [0.2, 0.25) is 0 Å². The van der Waals surface area contributed by atoms with Crippen molar-refractivity contribution in [2.45, 2.75) is 237 Å². The highest BCUT2D eigenvalue weighted by Crippen LogP contribution is 2.60. The molecule has 5 aliphatic carbocycles. The summed E-state index contributed by atoms with van der Waals surface area (Å²) in [4.78, 5) is 37.9. The molecule has 5 saturated carbocycles. The molecule has 0 aromatic carbocycles. The first kappa shape index (κ1) is 59.4. The van der Waals surface area contributed by atoms with E-state index in [-0.39, 0.29) is 54.3 Å². The molecule has 15 atom stereocenters. The normalized spacial score (nSPS) is 32.2. The molecule has 424 valence electrons. The summed E-state index contributed by atoms with van der Waals surface area (Å²) in [5.74, 6) is 6.71. The number of allylic oxidation sites excluding steroid dienone is 2. The summed E-state index contributed by atoms with van der Waals surface area (Å²) in [6, 6.07) is 0. The molecule has 0 aromatic rings. The molecule has 13 nitrogen and oxygen atoms in total. The number of fused-ring (bicyclic) bond motifs is 8. The summed E-state index contributed by atoms with van der Waals surface area (Å²) in [6.45, 7) is 9.38. The van der Waals surface area contributed by atoms with Gasteiger partial charge in [-0.25, -0.2) is 4.79 Å². The molecule has 4 N–H and O–H groups in total. The number of aliphatic hydroxyl groups is 1. The van der Waals surface area contributed by atoms with E-state index in [1.54, 1.807) is 0 Å². The highest BCUT2D eigenvalue weighted by atomic mass is 16.7. The predicted octanol–water partition coefficient (Wildman–Crippen LogP) is 11.4. The molecule has 0 aromatic heterocycles. The van der Waals surface area contributed by atoms with Gasteiger partial charge in [0.25, 0.3) is 0 Å². The summed E-state index contributed by atoms with van der Waals surface area (Å²) in [5.41, 5.74) is 0. The first-order valence-electron chi connectivity index (χ1n) is 31.2. The molecule has 0 radical (unpaired) electrons. The number of ether oxygens (including phenoxy) is 6. The van der Waals surface area contributed by atoms with Crippen LogP contribution in [0.3, 0.4) is 0 Å². The number of unbranched alkanes of at least 4 members (excludes halogenated alkanes) is 14. The Labute approximate surface area is 448 Å². The summed E-state index contributed by atoms with van der Waals surface area (Å²) < 4.78 is 34.6. The zero-order valence-electron chi connectivity index (χ0n) is 46.5. The Kier molecular flexibility index (Phi) is 26.7. The van der Waals surface area contributed by atoms with Crippen LogP contribution >= 0.6 is 0 Å². The number of aliphatic hydroxyl groups excluding tert-OH is 1. The minimum Gasteiger partial charge on any atom is -0.446 e. The summed E-state index contributed by atoms with van der Waals surface area (Å²) >= 11 is 0. The minimum atomic E-state index is -0.515. The maximum Gasteiger partial charge on any atom is 0.407 e. The van der Waals surface area contributed by atoms with Crippen molar-refractivity contribution in [3.05, 3.63) is 12.2 Å². The van der Waals surface area contributed by atoms with Gasteiger partial charge in [0.15, 0.2) is 6.29 Å². The number of carbonyl (C=O) groups excluding carboxylic acids is 3. The maximum absolute atomic E-state index is 12.9. The average molecular weight is 1040 g/mol. The Morgan fingerprint density at radius 2 is 1.20 bits per heavy atom. The lowest BCUT2D eigenvalue weighted by Gasteiger charge is -2.53. The van der Waals surface area contributed by atoms with Crippen LogP contribution in [-0.2, 0) is 38.0 Å². The van der Waals surface area contributed by atoms with Crippen LogP contribution in [0.4, 0.5) is 4.79 Å². The second kappa shape index (κ2) is 33.2. The first-order valence-corrected chi connectivity index (χ1v) is 31.2. The van der Waals surface area contributed by atoms with Gasteiger partial charge in [0.1, 0.15) is 6.10 Å². The fraction of sp³-hybridized carbons (Fsp3) is 0.918. The summed E-state index contributed by atoms with van der Waals surface area (Å²) in [5, 5.41) is 19.7. The van der Waals surface area contributed by atoms with Crippen LogP contribution in [0.25, 0.3) is 0 Å². The third-order valence-corrected chi connectivity index (χ3v) is 19.2. The van der Waals surface area contributed by atoms with E-state index >= 15 is 0 Å². The molecule has 13 heteroatoms. The van der Waals surface area contributed by atoms with E-state index < -0.39 is 6.10 Å². The van der Waals surface area contributed by atoms with Crippen molar-refractivity contribution in [3.8, 4) is 0 Å². The van der Waals surface area contributed by atoms with Crippen LogP contribution in [0.5, 0.6) is 0 Å². The fourth-order valence-corrected chi connectivity index (χ4v) is 15.3. The van der Waals surface area contributed by atoms with Crippen molar-refractivity contribution >= 4 is 17.9 Å². The number of hydrogen-bond acceptors (Lipinski definition) is 10. The van der Waals surface area contributed by atoms with E-state index in [1.807, 2.05) is 0 Å². The molecule has 3 amide bonds. The largest absolute Gasteiger partial charge is 0.446 e. The van der Waals surface area contributed by atoms with Crippen molar-refractivity contribution in [3.63, 3.8) is 0 Å². The zero-order chi connectivity index (χ0) is 51.7. The maximum atomic E-state index is 12.9. The third-order valence-electron chi connectivity index (χ3n) is 19.2. The SMILES string of the molecule is CCCCCCCC/C=C\CCCCCCCCNC(=O)OC1CCC2C(CCC3C2CCC2C3CC[C@@H]2[C@H](C)CCC(=O)NCCCCCC(=O)NCCOCCOCCO[C@H]2OC3C4CCOC4C(O)C32)C1. The Morgan fingerprint density at radius 1 is 0.595 bits per heavy atom. The van der Waals surface area contributed by atoms with Gasteiger partial charge in [-0.2, -0.15) is 0 Å². The van der Waals surface area contributed by atoms with Gasteiger partial charge >= 0.3 is 6.09 Å². The molecule has 0 spiro atoms. The molecule has 2 aliphatic heterocycles. The summed E-state index contributed by atoms with van der Waals surface area (Å²) in [7, 11) is 0. The molecule has 74 heavy (non-hydrogen) atoms. The second-order valence-electron chi connectivity index (χ2n) is 24.1. The number of nitrogens with one attached hydrogen (secondary N) is 3. The van der Waals surface area contributed by atoms with Crippen molar-refractivity contribution in [2.24, 2.45) is 59.2 Å². The molecule has 2 saturated heterocycles. The summed E-state index contributed by atoms with van der Waals surface area (Å²) in [6.07, 6.45) is 38.7. The zero-order valence-corrected chi connectivity index (χ0v) is 46.5. The lowest BCUT2D eigenvalue weighted by atomic mass is 9.53. The fourth-order valence-electron chi connectivity index (χ4n) is 15.3. The van der Waals surface area contributed by atoms with Gasteiger partial charge < -0.3 is 49.5 Å². The van der Waals surface area contributed by atoms with Gasteiger partial charge in [0.05, 0.1) is 57.3 Å². The van der Waals surface area contributed by atoms with E-state index in [2.05, 4.69) is 41.9 Å². The Hall–Kier alpha value is -2.29. The molecular formula is C61H105N3O10. The predicted molar refractivity (Wildman–Crippen MR) is 290 cm³/mol. The standard InChI is InChI=1S/C61H105N3O10/c1-3-4-5-6-7-8-9-10-11-12-13-14-15-16-17-20-35-64-61(68)73-46-25-27-48-45(43-46)24-26-51-50(48)31-30-49-47(28-29-52(49)51)44(2)23-32-55(66)62-34-21-18-19-22-54(65)63-36-38-69-39-40-70-41-42-72-60-56-57(67)59-53(33-37-71-59)58(56)74-60/h10-11,44-53,56-60,67H,3-9,12-43H2,1-2H3,(H,62,66)(H,63,65)(H,64,68)/b11-10-/t44-,45?,46?,47-,48?,49?,50?,51?,52?,53?,56?,57?,58?,59?,60+/m1/s1. The second-order valence-corrected chi connectivity index (χ2v) is 24.1. The van der Waals surface area contributed by atoms with Gasteiger partial charge in [-0.3, -0.25) is 9.59 Å². The molecular weight excluding hydrogens is 935 g/mol. The van der Waals surface area contributed by atoms with Crippen molar-refractivity contribution in [1.82, 2.24) is 16.0 Å². The molecule has 0 bridgehead atoms. The highest BCUT2D eigenvalue weighted by Gasteiger charge is 2.63. The number of rotatable bonds is 37. The number of amides is 3. The average Bonchev–Trinajstić information content (AvgIpc) is 4.13. The van der Waals surface area contributed by atoms with Crippen LogP contribution in [-0.4, -0.2) is 113 Å². The van der Waals surface area contributed by atoms with Gasteiger partial charge in [-0.1, -0.05) is 90.2 Å². The van der Waals surface area contributed by atoms with Crippen molar-refractivity contribution in [1.29, 1.82) is 0 Å². The Morgan fingerprint density at radius 3 is 2.00 bits per heavy atom. The van der Waals surface area contributed by atoms with Gasteiger partial charge in [0, 0.05) is 45.0 Å². The molecule has 7 aliphatic rings. The number of hydrogen-bond donors (Lipinski definition) is 4. The van der Waals surface area contributed by atoms with Crippen LogP contribution in [0.1, 0.15) is 206 Å². The lowest BCUT2D eigenvalue weighted by Crippen LogP contribution is -2.53. The van der Waals surface area contributed by atoms with Crippen LogP contribution < -0.4 is 16.0 Å². The lowest BCUT2D eigenvalue weighted by molar-refractivity contribution is -0.314. The molecule has 7 fully saturated rings. The Balaban J connectivity index is 0.628. The highest BCUT2D eigenvalue weighted by molar-refractivity contribution is 5.76.